The molecule has 1 fully saturated rings. The minimum Gasteiger partial charge on any atom is -0.371 e. The Labute approximate surface area is 165 Å². The van der Waals surface area contributed by atoms with Crippen LogP contribution in [0, 0.1) is 0 Å². The van der Waals surface area contributed by atoms with Crippen LogP contribution in [-0.2, 0) is 21.2 Å². The lowest BCUT2D eigenvalue weighted by Crippen LogP contribution is -2.57. The zero-order valence-corrected chi connectivity index (χ0v) is 16.5. The lowest BCUT2D eigenvalue weighted by Gasteiger charge is -2.40. The second-order valence-corrected chi connectivity index (χ2v) is 8.78. The van der Waals surface area contributed by atoms with Gasteiger partial charge >= 0.3 is 0 Å². The first-order chi connectivity index (χ1) is 13.3. The maximum absolute atomic E-state index is 12.2. The van der Waals surface area contributed by atoms with E-state index >= 15 is 0 Å². The van der Waals surface area contributed by atoms with Gasteiger partial charge in [-0.3, -0.25) is 4.79 Å². The van der Waals surface area contributed by atoms with Gasteiger partial charge in [-0.05, 0) is 49.1 Å². The number of anilines is 1. The molecule has 1 amide bonds. The van der Waals surface area contributed by atoms with E-state index in [9.17, 15) is 13.2 Å². The molecule has 3 rings (SSSR count). The van der Waals surface area contributed by atoms with Crippen molar-refractivity contribution in [1.29, 1.82) is 0 Å². The smallest absolute Gasteiger partial charge is 0.243 e. The van der Waals surface area contributed by atoms with E-state index in [0.717, 1.165) is 37.3 Å². The number of primary amides is 1. The number of benzene rings is 2. The number of likely N-dealkylation sites (tertiary alicyclic amines) is 1. The lowest BCUT2D eigenvalue weighted by atomic mass is 9.86. The molecule has 0 spiro atoms. The monoisotopic (exact) mass is 402 g/mol. The average Bonchev–Trinajstić information content (AvgIpc) is 2.68. The molecule has 1 aliphatic heterocycles. The number of rotatable bonds is 7. The fourth-order valence-electron chi connectivity index (χ4n) is 3.52. The van der Waals surface area contributed by atoms with Crippen LogP contribution in [0.1, 0.15) is 18.4 Å². The van der Waals surface area contributed by atoms with E-state index in [0.29, 0.717) is 12.8 Å². The molecule has 28 heavy (non-hydrogen) atoms. The first kappa shape index (κ1) is 20.3. The molecule has 0 aromatic heterocycles. The summed E-state index contributed by atoms with van der Waals surface area (Å²) in [6.07, 6.45) is 2.07. The molecule has 0 saturated carbocycles. The van der Waals surface area contributed by atoms with E-state index in [4.69, 9.17) is 10.9 Å². The third-order valence-corrected chi connectivity index (χ3v) is 6.24. The average molecular weight is 403 g/mol. The third-order valence-electron chi connectivity index (χ3n) is 5.31. The molecule has 1 heterocycles. The largest absolute Gasteiger partial charge is 0.371 e. The maximum Gasteiger partial charge on any atom is 0.243 e. The van der Waals surface area contributed by atoms with Gasteiger partial charge in [0, 0.05) is 25.3 Å². The van der Waals surface area contributed by atoms with Crippen molar-refractivity contribution in [1.82, 2.24) is 4.90 Å². The van der Waals surface area contributed by atoms with Crippen LogP contribution in [0.5, 0.6) is 0 Å². The Hall–Kier alpha value is -2.42. The second kappa shape index (κ2) is 8.30. The molecule has 1 saturated heterocycles. The van der Waals surface area contributed by atoms with E-state index in [2.05, 4.69) is 10.2 Å². The second-order valence-electron chi connectivity index (χ2n) is 7.22. The van der Waals surface area contributed by atoms with Crippen LogP contribution in [0.15, 0.2) is 59.5 Å². The summed E-state index contributed by atoms with van der Waals surface area (Å²) in [6.45, 7) is 2.35. The van der Waals surface area contributed by atoms with Crippen LogP contribution in [0.3, 0.4) is 0 Å². The van der Waals surface area contributed by atoms with E-state index < -0.39 is 15.6 Å². The van der Waals surface area contributed by atoms with Crippen molar-refractivity contribution >= 4 is 21.6 Å². The number of carbonyl (C=O) groups excluding carboxylic acids is 1. The van der Waals surface area contributed by atoms with E-state index in [1.165, 1.54) is 12.1 Å². The number of nitrogens with one attached hydrogen (secondary N) is 1. The van der Waals surface area contributed by atoms with Gasteiger partial charge in [-0.15, -0.1) is 0 Å². The Morgan fingerprint density at radius 3 is 2.18 bits per heavy atom. The van der Waals surface area contributed by atoms with E-state index in [-0.39, 0.29) is 10.8 Å². The van der Waals surface area contributed by atoms with Crippen molar-refractivity contribution < 1.29 is 13.2 Å². The van der Waals surface area contributed by atoms with Gasteiger partial charge < -0.3 is 16.0 Å². The van der Waals surface area contributed by atoms with Crippen molar-refractivity contribution in [2.75, 3.05) is 25.0 Å². The van der Waals surface area contributed by atoms with Gasteiger partial charge in [0.15, 0.2) is 0 Å². The standard InChI is InChI=1S/C20H26N4O3S/c21-19(25)20(23-17-4-2-1-3-5-17)11-14-24(15-12-20)13-10-16-6-8-18(9-7-16)28(22,26)27/h1-9,23H,10-15H2,(H2,21,25)(H2,22,26,27). The molecule has 0 bridgehead atoms. The van der Waals surface area contributed by atoms with Crippen LogP contribution in [0.2, 0.25) is 0 Å². The summed E-state index contributed by atoms with van der Waals surface area (Å²) < 4.78 is 22.6. The molecule has 0 aliphatic carbocycles. The maximum atomic E-state index is 12.2. The van der Waals surface area contributed by atoms with E-state index in [1.807, 2.05) is 30.3 Å². The normalized spacial score (nSPS) is 17.2. The fraction of sp³-hybridized carbons (Fsp3) is 0.350. The quantitative estimate of drug-likeness (QED) is 0.645. The highest BCUT2D eigenvalue weighted by molar-refractivity contribution is 7.89. The highest BCUT2D eigenvalue weighted by Gasteiger charge is 2.39. The Morgan fingerprint density at radius 2 is 1.64 bits per heavy atom. The minimum absolute atomic E-state index is 0.118. The topological polar surface area (TPSA) is 119 Å². The molecule has 2 aromatic rings. The van der Waals surface area contributed by atoms with Gasteiger partial charge in [-0.25, -0.2) is 13.6 Å². The number of nitrogens with two attached hydrogens (primary N) is 2. The molecule has 5 N–H and O–H groups in total. The van der Waals surface area contributed by atoms with Gasteiger partial charge in [-0.1, -0.05) is 30.3 Å². The molecular weight excluding hydrogens is 376 g/mol. The first-order valence-electron chi connectivity index (χ1n) is 9.26. The van der Waals surface area contributed by atoms with Crippen LogP contribution in [0.25, 0.3) is 0 Å². The van der Waals surface area contributed by atoms with Gasteiger partial charge in [0.2, 0.25) is 15.9 Å². The predicted molar refractivity (Wildman–Crippen MR) is 109 cm³/mol. The molecule has 1 aliphatic rings. The third kappa shape index (κ3) is 4.89. The number of para-hydroxylation sites is 1. The Bertz CT molecular complexity index is 906. The number of primary sulfonamides is 1. The van der Waals surface area contributed by atoms with E-state index in [1.54, 1.807) is 12.1 Å². The molecule has 8 heteroatoms. The number of nitrogens with zero attached hydrogens (tertiary/aromatic N) is 1. The SMILES string of the molecule is NC(=O)C1(Nc2ccccc2)CCN(CCc2ccc(S(N)(=O)=O)cc2)CC1. The molecule has 7 nitrogen and oxygen atoms in total. The van der Waals surface area contributed by atoms with Crippen molar-refractivity contribution in [2.24, 2.45) is 10.9 Å². The lowest BCUT2D eigenvalue weighted by molar-refractivity contribution is -0.123. The number of amides is 1. The molecule has 2 aromatic carbocycles. The van der Waals surface area contributed by atoms with Crippen LogP contribution < -0.4 is 16.2 Å². The fourth-order valence-corrected chi connectivity index (χ4v) is 4.04. The van der Waals surface area contributed by atoms with Crippen LogP contribution in [-0.4, -0.2) is 44.4 Å². The molecule has 0 unspecified atom stereocenters. The number of carbonyl (C=O) groups is 1. The van der Waals surface area contributed by atoms with Gasteiger partial charge in [0.05, 0.1) is 4.90 Å². The Morgan fingerprint density at radius 1 is 1.04 bits per heavy atom. The highest BCUT2D eigenvalue weighted by Crippen LogP contribution is 2.27. The predicted octanol–water partition coefficient (Wildman–Crippen LogP) is 1.31. The number of sulfonamides is 1. The van der Waals surface area contributed by atoms with Crippen molar-refractivity contribution in [3.8, 4) is 0 Å². The van der Waals surface area contributed by atoms with Gasteiger partial charge in [-0.2, -0.15) is 0 Å². The van der Waals surface area contributed by atoms with Crippen molar-refractivity contribution in [3.63, 3.8) is 0 Å². The summed E-state index contributed by atoms with van der Waals surface area (Å²) in [5.41, 5.74) is 6.94. The summed E-state index contributed by atoms with van der Waals surface area (Å²) >= 11 is 0. The van der Waals surface area contributed by atoms with Gasteiger partial charge in [0.25, 0.3) is 0 Å². The van der Waals surface area contributed by atoms with Crippen molar-refractivity contribution in [2.45, 2.75) is 29.7 Å². The zero-order chi connectivity index (χ0) is 20.2. The molecule has 0 radical (unpaired) electrons. The number of hydrogen-bond acceptors (Lipinski definition) is 5. The number of hydrogen-bond donors (Lipinski definition) is 3. The summed E-state index contributed by atoms with van der Waals surface area (Å²) in [7, 11) is -3.66. The molecule has 0 atom stereocenters. The summed E-state index contributed by atoms with van der Waals surface area (Å²) in [6, 6.07) is 16.3. The Balaban J connectivity index is 1.56. The van der Waals surface area contributed by atoms with Crippen LogP contribution >= 0.6 is 0 Å². The molecular formula is C20H26N4O3S. The van der Waals surface area contributed by atoms with Crippen LogP contribution in [0.4, 0.5) is 5.69 Å². The zero-order valence-electron chi connectivity index (χ0n) is 15.7. The first-order valence-corrected chi connectivity index (χ1v) is 10.8. The van der Waals surface area contributed by atoms with Gasteiger partial charge in [0.1, 0.15) is 5.54 Å². The molecule has 150 valence electrons. The Kier molecular flexibility index (Phi) is 6.02. The minimum atomic E-state index is -3.66. The highest BCUT2D eigenvalue weighted by atomic mass is 32.2. The summed E-state index contributed by atoms with van der Waals surface area (Å²) in [5, 5.41) is 8.46. The number of piperidine rings is 1. The summed E-state index contributed by atoms with van der Waals surface area (Å²) in [5.74, 6) is -0.324. The van der Waals surface area contributed by atoms with Crippen molar-refractivity contribution in [3.05, 3.63) is 60.2 Å². The summed E-state index contributed by atoms with van der Waals surface area (Å²) in [4.78, 5) is 14.6.